The molecular formula is C21H40N2O4. The molecule has 2 aliphatic rings. The van der Waals surface area contributed by atoms with Gasteiger partial charge in [0.15, 0.2) is 0 Å². The molecule has 2 saturated carbocycles. The number of rotatable bonds is 5. The number of hydrogen-bond acceptors (Lipinski definition) is 4. The third kappa shape index (κ3) is 11.2. The van der Waals surface area contributed by atoms with E-state index < -0.39 is 23.7 Å². The number of carboxylic acids is 1. The first-order valence-electron chi connectivity index (χ1n) is 10.7. The minimum absolute atomic E-state index is 0.328. The molecule has 0 unspecified atom stereocenters. The lowest BCUT2D eigenvalue weighted by Crippen LogP contribution is -2.43. The van der Waals surface area contributed by atoms with Gasteiger partial charge in [-0.1, -0.05) is 45.4 Å². The van der Waals surface area contributed by atoms with Crippen molar-refractivity contribution < 1.29 is 19.4 Å². The maximum absolute atomic E-state index is 11.1. The van der Waals surface area contributed by atoms with Crippen molar-refractivity contribution in [3.8, 4) is 0 Å². The Morgan fingerprint density at radius 1 is 0.963 bits per heavy atom. The van der Waals surface area contributed by atoms with Crippen LogP contribution < -0.4 is 10.6 Å². The van der Waals surface area contributed by atoms with Crippen LogP contribution in [0.2, 0.25) is 0 Å². The SMILES string of the molecule is C1CCC(NC2CCCCC2)CC1.CC[C@H](NC(=O)OC(C)(C)C)C(=O)O. The predicted molar refractivity (Wildman–Crippen MR) is 108 cm³/mol. The Labute approximate surface area is 164 Å². The lowest BCUT2D eigenvalue weighted by Gasteiger charge is -2.30. The Hall–Kier alpha value is -1.30. The summed E-state index contributed by atoms with van der Waals surface area (Å²) in [4.78, 5) is 21.7. The largest absolute Gasteiger partial charge is 0.480 e. The van der Waals surface area contributed by atoms with E-state index in [9.17, 15) is 9.59 Å². The van der Waals surface area contributed by atoms with E-state index in [0.717, 1.165) is 12.1 Å². The highest BCUT2D eigenvalue weighted by atomic mass is 16.6. The van der Waals surface area contributed by atoms with Crippen molar-refractivity contribution in [2.24, 2.45) is 0 Å². The molecule has 0 saturated heterocycles. The van der Waals surface area contributed by atoms with Gasteiger partial charge in [0.25, 0.3) is 0 Å². The van der Waals surface area contributed by atoms with Crippen LogP contribution in [-0.4, -0.2) is 40.9 Å². The van der Waals surface area contributed by atoms with Gasteiger partial charge in [0.2, 0.25) is 0 Å². The Kier molecular flexibility index (Phi) is 10.7. The average molecular weight is 385 g/mol. The Balaban J connectivity index is 0.000000270. The number of aliphatic carboxylic acids is 1. The van der Waals surface area contributed by atoms with Gasteiger partial charge in [0, 0.05) is 12.1 Å². The molecule has 27 heavy (non-hydrogen) atoms. The highest BCUT2D eigenvalue weighted by molar-refractivity contribution is 5.79. The van der Waals surface area contributed by atoms with Gasteiger partial charge >= 0.3 is 12.1 Å². The monoisotopic (exact) mass is 384 g/mol. The van der Waals surface area contributed by atoms with Gasteiger partial charge in [0.05, 0.1) is 0 Å². The fourth-order valence-corrected chi connectivity index (χ4v) is 3.66. The zero-order valence-electron chi connectivity index (χ0n) is 17.7. The molecule has 1 amide bonds. The molecule has 0 aromatic heterocycles. The second-order valence-electron chi connectivity index (χ2n) is 8.78. The van der Waals surface area contributed by atoms with E-state index in [1.54, 1.807) is 27.7 Å². The fraction of sp³-hybridized carbons (Fsp3) is 0.905. The fourth-order valence-electron chi connectivity index (χ4n) is 3.66. The van der Waals surface area contributed by atoms with Crippen LogP contribution in [0.3, 0.4) is 0 Å². The summed E-state index contributed by atoms with van der Waals surface area (Å²) in [5.74, 6) is -1.06. The Morgan fingerprint density at radius 3 is 1.74 bits per heavy atom. The number of amides is 1. The molecule has 0 aliphatic heterocycles. The summed E-state index contributed by atoms with van der Waals surface area (Å²) < 4.78 is 4.91. The van der Waals surface area contributed by atoms with Crippen LogP contribution in [0.5, 0.6) is 0 Å². The third-order valence-corrected chi connectivity index (χ3v) is 5.08. The van der Waals surface area contributed by atoms with Crippen molar-refractivity contribution in [1.82, 2.24) is 10.6 Å². The molecule has 6 nitrogen and oxygen atoms in total. The van der Waals surface area contributed by atoms with E-state index in [1.807, 2.05) is 0 Å². The van der Waals surface area contributed by atoms with Gasteiger partial charge < -0.3 is 20.5 Å². The van der Waals surface area contributed by atoms with E-state index in [2.05, 4.69) is 10.6 Å². The van der Waals surface area contributed by atoms with Gasteiger partial charge in [0.1, 0.15) is 11.6 Å². The van der Waals surface area contributed by atoms with Crippen LogP contribution in [0.15, 0.2) is 0 Å². The van der Waals surface area contributed by atoms with E-state index in [1.165, 1.54) is 64.2 Å². The van der Waals surface area contributed by atoms with Crippen LogP contribution >= 0.6 is 0 Å². The lowest BCUT2D eigenvalue weighted by molar-refractivity contribution is -0.139. The maximum atomic E-state index is 11.1. The number of carbonyl (C=O) groups excluding carboxylic acids is 1. The van der Waals surface area contributed by atoms with Crippen LogP contribution in [0.1, 0.15) is 98.3 Å². The molecule has 0 aromatic carbocycles. The summed E-state index contributed by atoms with van der Waals surface area (Å²) in [5.41, 5.74) is -0.610. The van der Waals surface area contributed by atoms with Crippen molar-refractivity contribution in [3.63, 3.8) is 0 Å². The minimum Gasteiger partial charge on any atom is -0.480 e. The molecule has 0 spiro atoms. The summed E-state index contributed by atoms with van der Waals surface area (Å²) in [6.45, 7) is 6.83. The van der Waals surface area contributed by atoms with Crippen LogP contribution in [-0.2, 0) is 9.53 Å². The molecule has 158 valence electrons. The van der Waals surface area contributed by atoms with Crippen molar-refractivity contribution in [1.29, 1.82) is 0 Å². The van der Waals surface area contributed by atoms with Crippen LogP contribution in [0, 0.1) is 0 Å². The lowest BCUT2D eigenvalue weighted by atomic mass is 9.91. The molecular weight excluding hydrogens is 344 g/mol. The second-order valence-corrected chi connectivity index (χ2v) is 8.78. The van der Waals surface area contributed by atoms with Gasteiger partial charge in [-0.2, -0.15) is 0 Å². The maximum Gasteiger partial charge on any atom is 0.408 e. The van der Waals surface area contributed by atoms with Crippen molar-refractivity contribution in [2.75, 3.05) is 0 Å². The third-order valence-electron chi connectivity index (χ3n) is 5.08. The predicted octanol–water partition coefficient (Wildman–Crippen LogP) is 4.62. The molecule has 6 heteroatoms. The molecule has 0 bridgehead atoms. The zero-order valence-corrected chi connectivity index (χ0v) is 17.7. The summed E-state index contributed by atoms with van der Waals surface area (Å²) in [5, 5.41) is 14.8. The Bertz CT molecular complexity index is 420. The van der Waals surface area contributed by atoms with Crippen molar-refractivity contribution in [2.45, 2.75) is 122 Å². The summed E-state index contributed by atoms with van der Waals surface area (Å²) in [6, 6.07) is 0.860. The van der Waals surface area contributed by atoms with E-state index in [0.29, 0.717) is 6.42 Å². The molecule has 3 N–H and O–H groups in total. The zero-order chi connectivity index (χ0) is 20.3. The number of hydrogen-bond donors (Lipinski definition) is 3. The highest BCUT2D eigenvalue weighted by Gasteiger charge is 2.22. The molecule has 0 heterocycles. The summed E-state index contributed by atoms with van der Waals surface area (Å²) >= 11 is 0. The number of carbonyl (C=O) groups is 2. The molecule has 2 fully saturated rings. The van der Waals surface area contributed by atoms with E-state index >= 15 is 0 Å². The molecule has 0 aromatic rings. The number of carboxylic acid groups (broad SMARTS) is 1. The molecule has 2 aliphatic carbocycles. The van der Waals surface area contributed by atoms with E-state index in [-0.39, 0.29) is 0 Å². The number of alkyl carbamates (subject to hydrolysis) is 1. The van der Waals surface area contributed by atoms with E-state index in [4.69, 9.17) is 9.84 Å². The topological polar surface area (TPSA) is 87.7 Å². The normalized spacial score (nSPS) is 20.1. The van der Waals surface area contributed by atoms with Gasteiger partial charge in [-0.25, -0.2) is 9.59 Å². The molecule has 2 rings (SSSR count). The average Bonchev–Trinajstić information content (AvgIpc) is 2.60. The van der Waals surface area contributed by atoms with Crippen molar-refractivity contribution >= 4 is 12.1 Å². The standard InChI is InChI=1S/C12H23N.C9H17NO4/c1-3-7-11(8-4-1)13-12-9-5-2-6-10-12;1-5-6(7(11)12)10-8(13)14-9(2,3)4/h11-13H,1-10H2;6H,5H2,1-4H3,(H,10,13)(H,11,12)/t;6-/m.0/s1. The number of ether oxygens (including phenoxy) is 1. The number of nitrogens with one attached hydrogen (secondary N) is 2. The molecule has 1 atom stereocenters. The molecule has 0 radical (unpaired) electrons. The Morgan fingerprint density at radius 2 is 1.41 bits per heavy atom. The highest BCUT2D eigenvalue weighted by Crippen LogP contribution is 2.22. The smallest absolute Gasteiger partial charge is 0.408 e. The van der Waals surface area contributed by atoms with Crippen molar-refractivity contribution in [3.05, 3.63) is 0 Å². The summed E-state index contributed by atoms with van der Waals surface area (Å²) in [7, 11) is 0. The first kappa shape index (κ1) is 23.7. The summed E-state index contributed by atoms with van der Waals surface area (Å²) in [6.07, 6.45) is 14.2. The minimum atomic E-state index is -1.06. The van der Waals surface area contributed by atoms with Crippen LogP contribution in [0.25, 0.3) is 0 Å². The van der Waals surface area contributed by atoms with Crippen LogP contribution in [0.4, 0.5) is 4.79 Å². The van der Waals surface area contributed by atoms with Gasteiger partial charge in [-0.3, -0.25) is 0 Å². The van der Waals surface area contributed by atoms with Gasteiger partial charge in [-0.05, 0) is 52.9 Å². The quantitative estimate of drug-likeness (QED) is 0.644. The first-order valence-corrected chi connectivity index (χ1v) is 10.7. The first-order chi connectivity index (χ1) is 12.7. The second kappa shape index (κ2) is 12.2. The van der Waals surface area contributed by atoms with Gasteiger partial charge in [-0.15, -0.1) is 0 Å².